The Morgan fingerprint density at radius 2 is 1.69 bits per heavy atom. The summed E-state index contributed by atoms with van der Waals surface area (Å²) in [5, 5.41) is 5.80. The first-order chi connectivity index (χ1) is 15.4. The van der Waals surface area contributed by atoms with Crippen molar-refractivity contribution in [2.45, 2.75) is 13.8 Å². The lowest BCUT2D eigenvalue weighted by atomic mass is 10.2. The van der Waals surface area contributed by atoms with Crippen LogP contribution in [0.5, 0.6) is 0 Å². The predicted molar refractivity (Wildman–Crippen MR) is 121 cm³/mol. The van der Waals surface area contributed by atoms with Gasteiger partial charge in [0.05, 0.1) is 12.0 Å². The van der Waals surface area contributed by atoms with E-state index >= 15 is 0 Å². The number of nitrogens with one attached hydrogen (secondary N) is 2. The second kappa shape index (κ2) is 9.23. The number of aromatic nitrogens is 1. The maximum Gasteiger partial charge on any atom is 0.325 e. The molecule has 10 heteroatoms. The zero-order valence-corrected chi connectivity index (χ0v) is 18.6. The Hall–Kier alpha value is -3.66. The first-order valence-electron chi connectivity index (χ1n) is 10.1. The molecule has 1 aromatic carbocycles. The number of benzene rings is 1. The van der Waals surface area contributed by atoms with Crippen molar-refractivity contribution in [3.8, 4) is 0 Å². The van der Waals surface area contributed by atoms with Crippen molar-refractivity contribution in [3.63, 3.8) is 0 Å². The number of anilines is 2. The summed E-state index contributed by atoms with van der Waals surface area (Å²) in [4.78, 5) is 45.8. The number of hydrogen-bond donors (Lipinski definition) is 2. The van der Waals surface area contributed by atoms with E-state index in [2.05, 4.69) is 15.6 Å². The van der Waals surface area contributed by atoms with Crippen LogP contribution in [0.3, 0.4) is 0 Å². The van der Waals surface area contributed by atoms with Crippen LogP contribution in [0.2, 0.25) is 0 Å². The number of aryl methyl sites for hydroxylation is 2. The SMILES string of the molecule is Cc1cccc(NC(=O)Nc2nc(C)c(C(=O)N3CCN(C(=O)c4ccco4)CC3)s2)c1. The molecule has 0 unspecified atom stereocenters. The maximum atomic E-state index is 13.0. The van der Waals surface area contributed by atoms with E-state index in [9.17, 15) is 14.4 Å². The zero-order valence-electron chi connectivity index (χ0n) is 17.8. The van der Waals surface area contributed by atoms with Gasteiger partial charge in [0, 0.05) is 31.9 Å². The van der Waals surface area contributed by atoms with Crippen molar-refractivity contribution < 1.29 is 18.8 Å². The molecule has 2 N–H and O–H groups in total. The fourth-order valence-electron chi connectivity index (χ4n) is 3.44. The molecule has 0 aliphatic carbocycles. The Bertz CT molecular complexity index is 1130. The predicted octanol–water partition coefficient (Wildman–Crippen LogP) is 3.60. The van der Waals surface area contributed by atoms with E-state index in [1.165, 1.54) is 6.26 Å². The Kier molecular flexibility index (Phi) is 6.22. The Morgan fingerprint density at radius 1 is 0.969 bits per heavy atom. The van der Waals surface area contributed by atoms with Gasteiger partial charge in [0.1, 0.15) is 4.88 Å². The van der Waals surface area contributed by atoms with Crippen LogP contribution in [-0.4, -0.2) is 58.8 Å². The molecule has 2 aromatic heterocycles. The minimum absolute atomic E-state index is 0.155. The second-order valence-corrected chi connectivity index (χ2v) is 8.44. The van der Waals surface area contributed by atoms with Gasteiger partial charge in [-0.05, 0) is 43.7 Å². The van der Waals surface area contributed by atoms with Crippen molar-refractivity contribution >= 4 is 40.0 Å². The summed E-state index contributed by atoms with van der Waals surface area (Å²) in [6, 6.07) is 10.3. The van der Waals surface area contributed by atoms with Crippen molar-refractivity contribution in [3.05, 3.63) is 64.6 Å². The van der Waals surface area contributed by atoms with Crippen LogP contribution in [0.15, 0.2) is 47.1 Å². The number of rotatable bonds is 4. The van der Waals surface area contributed by atoms with Crippen LogP contribution in [0.4, 0.5) is 15.6 Å². The molecule has 0 atom stereocenters. The number of carbonyl (C=O) groups is 3. The fourth-order valence-corrected chi connectivity index (χ4v) is 4.37. The Labute approximate surface area is 189 Å². The molecule has 1 saturated heterocycles. The van der Waals surface area contributed by atoms with Gasteiger partial charge in [0.2, 0.25) is 0 Å². The Morgan fingerprint density at radius 3 is 2.34 bits per heavy atom. The van der Waals surface area contributed by atoms with E-state index in [-0.39, 0.29) is 11.8 Å². The van der Waals surface area contributed by atoms with Crippen LogP contribution >= 0.6 is 11.3 Å². The van der Waals surface area contributed by atoms with Crippen molar-refractivity contribution in [1.29, 1.82) is 0 Å². The van der Waals surface area contributed by atoms with Crippen molar-refractivity contribution in [2.75, 3.05) is 36.8 Å². The molecule has 166 valence electrons. The molecule has 4 rings (SSSR count). The zero-order chi connectivity index (χ0) is 22.7. The van der Waals surface area contributed by atoms with E-state index < -0.39 is 6.03 Å². The molecule has 0 radical (unpaired) electrons. The first kappa shape index (κ1) is 21.6. The number of hydrogen-bond acceptors (Lipinski definition) is 6. The molecule has 1 aliphatic rings. The molecular weight excluding hydrogens is 430 g/mol. The van der Waals surface area contributed by atoms with Gasteiger partial charge in [0.15, 0.2) is 10.9 Å². The molecule has 0 saturated carbocycles. The largest absolute Gasteiger partial charge is 0.459 e. The van der Waals surface area contributed by atoms with Crippen LogP contribution in [-0.2, 0) is 0 Å². The van der Waals surface area contributed by atoms with Crippen LogP contribution in [0.25, 0.3) is 0 Å². The van der Waals surface area contributed by atoms with Crippen LogP contribution < -0.4 is 10.6 Å². The molecular formula is C22H23N5O4S. The standard InChI is InChI=1S/C22H23N5O4S/c1-14-5-3-6-16(13-14)24-21(30)25-22-23-15(2)18(32-22)20(29)27-10-8-26(9-11-27)19(28)17-7-4-12-31-17/h3-7,12-13H,8-11H2,1-2H3,(H2,23,24,25,30). The van der Waals surface area contributed by atoms with Crippen molar-refractivity contribution in [2.24, 2.45) is 0 Å². The van der Waals surface area contributed by atoms with Gasteiger partial charge in [-0.15, -0.1) is 0 Å². The van der Waals surface area contributed by atoms with Crippen molar-refractivity contribution in [1.82, 2.24) is 14.8 Å². The molecule has 1 fully saturated rings. The van der Waals surface area contributed by atoms with Crippen LogP contribution in [0.1, 0.15) is 31.5 Å². The van der Waals surface area contributed by atoms with E-state index in [1.807, 2.05) is 25.1 Å². The van der Waals surface area contributed by atoms with Crippen LogP contribution in [0, 0.1) is 13.8 Å². The third-order valence-electron chi connectivity index (χ3n) is 5.07. The lowest BCUT2D eigenvalue weighted by Crippen LogP contribution is -2.50. The van der Waals surface area contributed by atoms with Gasteiger partial charge in [0.25, 0.3) is 11.8 Å². The third-order valence-corrected chi connectivity index (χ3v) is 6.13. The fraction of sp³-hybridized carbons (Fsp3) is 0.273. The number of piperazine rings is 1. The molecule has 1 aliphatic heterocycles. The molecule has 32 heavy (non-hydrogen) atoms. The quantitative estimate of drug-likeness (QED) is 0.628. The summed E-state index contributed by atoms with van der Waals surface area (Å²) in [5.74, 6) is -0.0397. The number of carbonyl (C=O) groups excluding carboxylic acids is 3. The number of urea groups is 1. The molecule has 0 spiro atoms. The maximum absolute atomic E-state index is 13.0. The highest BCUT2D eigenvalue weighted by Gasteiger charge is 2.28. The van der Waals surface area contributed by atoms with Gasteiger partial charge < -0.3 is 19.5 Å². The highest BCUT2D eigenvalue weighted by molar-refractivity contribution is 7.17. The highest BCUT2D eigenvalue weighted by Crippen LogP contribution is 2.25. The average molecular weight is 454 g/mol. The molecule has 9 nitrogen and oxygen atoms in total. The normalized spacial score (nSPS) is 13.7. The minimum Gasteiger partial charge on any atom is -0.459 e. The number of nitrogens with zero attached hydrogens (tertiary/aromatic N) is 3. The van der Waals surface area contributed by atoms with Gasteiger partial charge in [-0.2, -0.15) is 0 Å². The smallest absolute Gasteiger partial charge is 0.325 e. The first-order valence-corrected chi connectivity index (χ1v) is 11.0. The monoisotopic (exact) mass is 453 g/mol. The Balaban J connectivity index is 1.35. The van der Waals surface area contributed by atoms with E-state index in [0.717, 1.165) is 16.9 Å². The van der Waals surface area contributed by atoms with Gasteiger partial charge in [-0.25, -0.2) is 9.78 Å². The van der Waals surface area contributed by atoms with E-state index in [1.54, 1.807) is 34.9 Å². The summed E-state index contributed by atoms with van der Waals surface area (Å²) in [6.07, 6.45) is 1.46. The van der Waals surface area contributed by atoms with Gasteiger partial charge in [-0.3, -0.25) is 14.9 Å². The lowest BCUT2D eigenvalue weighted by molar-refractivity contribution is 0.0520. The van der Waals surface area contributed by atoms with E-state index in [0.29, 0.717) is 53.3 Å². The number of thiazole rings is 1. The molecule has 3 heterocycles. The highest BCUT2D eigenvalue weighted by atomic mass is 32.1. The van der Waals surface area contributed by atoms with E-state index in [4.69, 9.17) is 4.42 Å². The number of furan rings is 1. The second-order valence-electron chi connectivity index (χ2n) is 7.44. The number of amides is 4. The minimum atomic E-state index is -0.423. The lowest BCUT2D eigenvalue weighted by Gasteiger charge is -2.34. The summed E-state index contributed by atoms with van der Waals surface area (Å²) in [5.41, 5.74) is 2.26. The topological polar surface area (TPSA) is 108 Å². The summed E-state index contributed by atoms with van der Waals surface area (Å²) in [7, 11) is 0. The molecule has 4 amide bonds. The van der Waals surface area contributed by atoms with Gasteiger partial charge in [-0.1, -0.05) is 23.5 Å². The summed E-state index contributed by atoms with van der Waals surface area (Å²) in [6.45, 7) is 5.36. The molecule has 0 bridgehead atoms. The van der Waals surface area contributed by atoms with Gasteiger partial charge >= 0.3 is 6.03 Å². The molecule has 3 aromatic rings. The average Bonchev–Trinajstić information content (AvgIpc) is 3.43. The third kappa shape index (κ3) is 4.80. The summed E-state index contributed by atoms with van der Waals surface area (Å²) >= 11 is 1.14. The summed E-state index contributed by atoms with van der Waals surface area (Å²) < 4.78 is 5.17.